The summed E-state index contributed by atoms with van der Waals surface area (Å²) < 4.78 is 33.3. The third-order valence-electron chi connectivity index (χ3n) is 9.14. The first kappa shape index (κ1) is 52.2. The third kappa shape index (κ3) is 38.5. The minimum atomic E-state index is -4.62. The van der Waals surface area contributed by atoms with E-state index in [1.54, 1.807) is 0 Å². The van der Waals surface area contributed by atoms with Crippen molar-refractivity contribution >= 4 is 19.8 Å². The molecule has 0 heterocycles. The number of rotatable bonds is 41. The number of carboxylic acids is 1. The zero-order chi connectivity index (χ0) is 39.8. The molecule has 10 nitrogen and oxygen atoms in total. The minimum absolute atomic E-state index is 0.00766. The lowest BCUT2D eigenvalue weighted by molar-refractivity contribution is -0.154. The number of allylic oxidation sites excluding steroid dienone is 6. The second-order valence-electron chi connectivity index (χ2n) is 14.5. The van der Waals surface area contributed by atoms with Crippen LogP contribution in [0.2, 0.25) is 0 Å². The van der Waals surface area contributed by atoms with Gasteiger partial charge >= 0.3 is 19.8 Å². The number of esters is 1. The summed E-state index contributed by atoms with van der Waals surface area (Å²) in [5.74, 6) is -1.79. The molecule has 0 rings (SSSR count). The summed E-state index contributed by atoms with van der Waals surface area (Å²) in [7, 11) is -4.62. The molecule has 4 N–H and O–H groups in total. The van der Waals surface area contributed by atoms with Crippen molar-refractivity contribution < 1.29 is 42.7 Å². The van der Waals surface area contributed by atoms with Crippen molar-refractivity contribution in [2.45, 2.75) is 199 Å². The fraction of sp³-hybridized carbons (Fsp3) is 0.814. The van der Waals surface area contributed by atoms with Gasteiger partial charge in [-0.15, -0.1) is 0 Å². The lowest BCUT2D eigenvalue weighted by Gasteiger charge is -2.20. The Bertz CT molecular complexity index is 1000. The Hall–Kier alpha value is -1.81. The molecule has 0 aliphatic carbocycles. The van der Waals surface area contributed by atoms with Crippen LogP contribution in [0.5, 0.6) is 0 Å². The molecule has 0 aromatic rings. The number of ether oxygens (including phenoxy) is 2. The number of hydrogen-bond acceptors (Lipinski definition) is 8. The van der Waals surface area contributed by atoms with Gasteiger partial charge < -0.3 is 25.2 Å². The first-order chi connectivity index (χ1) is 26.2. The van der Waals surface area contributed by atoms with E-state index < -0.39 is 45.1 Å². The number of aliphatic carboxylic acids is 1. The number of carbonyl (C=O) groups is 2. The number of phosphoric acid groups is 1. The molecule has 0 aliphatic heterocycles. The van der Waals surface area contributed by atoms with E-state index >= 15 is 0 Å². The first-order valence-electron chi connectivity index (χ1n) is 21.5. The summed E-state index contributed by atoms with van der Waals surface area (Å²) in [5.41, 5.74) is 5.35. The predicted octanol–water partition coefficient (Wildman–Crippen LogP) is 11.7. The van der Waals surface area contributed by atoms with Gasteiger partial charge in [0.05, 0.1) is 19.8 Å². The summed E-state index contributed by atoms with van der Waals surface area (Å²) in [6.45, 7) is 3.83. The Morgan fingerprint density at radius 3 is 1.54 bits per heavy atom. The highest BCUT2D eigenvalue weighted by molar-refractivity contribution is 7.47. The monoisotopic (exact) mass is 786 g/mol. The van der Waals surface area contributed by atoms with Gasteiger partial charge in [0, 0.05) is 13.0 Å². The zero-order valence-electron chi connectivity index (χ0n) is 34.3. The van der Waals surface area contributed by atoms with E-state index in [0.29, 0.717) is 13.0 Å². The zero-order valence-corrected chi connectivity index (χ0v) is 35.2. The lowest BCUT2D eigenvalue weighted by atomic mass is 10.1. The minimum Gasteiger partial charge on any atom is -0.480 e. The summed E-state index contributed by atoms with van der Waals surface area (Å²) in [4.78, 5) is 33.5. The van der Waals surface area contributed by atoms with Crippen LogP contribution in [0.25, 0.3) is 0 Å². The van der Waals surface area contributed by atoms with Gasteiger partial charge in [-0.05, 0) is 70.6 Å². The van der Waals surface area contributed by atoms with Crippen LogP contribution in [-0.2, 0) is 32.7 Å². The summed E-state index contributed by atoms with van der Waals surface area (Å²) in [6, 6.07) is -1.48. The topological polar surface area (TPSA) is 155 Å². The van der Waals surface area contributed by atoms with E-state index in [1.165, 1.54) is 96.3 Å². The maximum atomic E-state index is 12.6. The Balaban J connectivity index is 4.28. The second-order valence-corrected chi connectivity index (χ2v) is 15.9. The van der Waals surface area contributed by atoms with Gasteiger partial charge in [-0.3, -0.25) is 18.6 Å². The quantitative estimate of drug-likeness (QED) is 0.0236. The van der Waals surface area contributed by atoms with Gasteiger partial charge in [0.25, 0.3) is 0 Å². The Kier molecular flexibility index (Phi) is 38.1. The van der Waals surface area contributed by atoms with Crippen LogP contribution >= 0.6 is 7.82 Å². The Labute approximate surface area is 329 Å². The Morgan fingerprint density at radius 2 is 1.02 bits per heavy atom. The van der Waals surface area contributed by atoms with E-state index in [0.717, 1.165) is 64.2 Å². The van der Waals surface area contributed by atoms with Crippen LogP contribution in [-0.4, -0.2) is 60.5 Å². The summed E-state index contributed by atoms with van der Waals surface area (Å²) in [6.07, 6.45) is 43.3. The molecule has 0 saturated heterocycles. The highest BCUT2D eigenvalue weighted by Crippen LogP contribution is 2.43. The fourth-order valence-electron chi connectivity index (χ4n) is 5.75. The molecule has 3 unspecified atom stereocenters. The summed E-state index contributed by atoms with van der Waals surface area (Å²) in [5, 5.41) is 8.89. The van der Waals surface area contributed by atoms with Crippen LogP contribution < -0.4 is 5.73 Å². The molecule has 0 amide bonds. The van der Waals surface area contributed by atoms with Gasteiger partial charge in [-0.25, -0.2) is 4.57 Å². The number of phosphoric ester groups is 1. The van der Waals surface area contributed by atoms with Crippen molar-refractivity contribution in [3.8, 4) is 0 Å². The molecule has 0 aromatic heterocycles. The van der Waals surface area contributed by atoms with Crippen molar-refractivity contribution in [1.29, 1.82) is 0 Å². The SMILES string of the molecule is CCCCCC/C=C\C/C=C\CCCCCCCC(=O)OC(COCCCCCCCC/C=C\CCCCCCCC)COP(=O)(O)OCC(N)C(=O)O. The van der Waals surface area contributed by atoms with E-state index in [-0.39, 0.29) is 13.0 Å². The first-order valence-corrected chi connectivity index (χ1v) is 23.0. The van der Waals surface area contributed by atoms with Crippen molar-refractivity contribution in [3.63, 3.8) is 0 Å². The van der Waals surface area contributed by atoms with Crippen LogP contribution in [0.3, 0.4) is 0 Å². The van der Waals surface area contributed by atoms with Gasteiger partial charge in [-0.2, -0.15) is 0 Å². The highest BCUT2D eigenvalue weighted by atomic mass is 31.2. The second kappa shape index (κ2) is 39.4. The maximum Gasteiger partial charge on any atom is 0.472 e. The Morgan fingerprint density at radius 1 is 0.593 bits per heavy atom. The van der Waals surface area contributed by atoms with Crippen molar-refractivity contribution in [3.05, 3.63) is 36.5 Å². The van der Waals surface area contributed by atoms with Gasteiger partial charge in [0.1, 0.15) is 12.1 Å². The predicted molar refractivity (Wildman–Crippen MR) is 221 cm³/mol. The van der Waals surface area contributed by atoms with Crippen LogP contribution in [0.15, 0.2) is 36.5 Å². The van der Waals surface area contributed by atoms with E-state index in [2.05, 4.69) is 50.3 Å². The molecule has 54 heavy (non-hydrogen) atoms. The smallest absolute Gasteiger partial charge is 0.472 e. The molecular weight excluding hydrogens is 705 g/mol. The molecule has 0 aromatic carbocycles. The van der Waals surface area contributed by atoms with E-state index in [1.807, 2.05) is 0 Å². The third-order valence-corrected chi connectivity index (χ3v) is 10.1. The van der Waals surface area contributed by atoms with Crippen molar-refractivity contribution in [1.82, 2.24) is 0 Å². The number of nitrogens with two attached hydrogens (primary N) is 1. The van der Waals surface area contributed by atoms with Gasteiger partial charge in [-0.1, -0.05) is 147 Å². The molecule has 11 heteroatoms. The van der Waals surface area contributed by atoms with Crippen molar-refractivity contribution in [2.24, 2.45) is 5.73 Å². The molecule has 0 aliphatic rings. The number of carbonyl (C=O) groups excluding carboxylic acids is 1. The molecule has 316 valence electrons. The van der Waals surface area contributed by atoms with Crippen LogP contribution in [0, 0.1) is 0 Å². The largest absolute Gasteiger partial charge is 0.480 e. The maximum absolute atomic E-state index is 12.6. The molecule has 0 fully saturated rings. The molecular formula is C43H80NO9P. The number of unbranched alkanes of at least 4 members (excludes halogenated alkanes) is 21. The molecule has 0 spiro atoms. The number of carboxylic acid groups (broad SMARTS) is 1. The van der Waals surface area contributed by atoms with Crippen LogP contribution in [0.4, 0.5) is 0 Å². The molecule has 0 saturated carbocycles. The summed E-state index contributed by atoms with van der Waals surface area (Å²) >= 11 is 0. The normalized spacial score (nSPS) is 14.3. The lowest BCUT2D eigenvalue weighted by Crippen LogP contribution is -2.34. The standard InChI is InChI=1S/C43H80NO9P/c1-3-5-7-9-11-13-15-17-19-21-23-25-27-29-31-33-35-42(45)53-40(38-51-54(48,49)52-39-41(44)43(46)47)37-50-36-34-32-30-28-26-24-22-20-18-16-14-12-10-8-6-4-2/h13,15,18-21,40-41H,3-12,14,16-17,22-39,44H2,1-2H3,(H,46,47)(H,48,49)/b15-13-,20-18-,21-19-. The highest BCUT2D eigenvalue weighted by Gasteiger charge is 2.27. The van der Waals surface area contributed by atoms with Gasteiger partial charge in [0.2, 0.25) is 0 Å². The fourth-order valence-corrected chi connectivity index (χ4v) is 6.52. The van der Waals surface area contributed by atoms with Crippen LogP contribution in [0.1, 0.15) is 187 Å². The van der Waals surface area contributed by atoms with E-state index in [4.69, 9.17) is 29.4 Å². The van der Waals surface area contributed by atoms with E-state index in [9.17, 15) is 19.0 Å². The average Bonchev–Trinajstić information content (AvgIpc) is 3.15. The molecule has 0 radical (unpaired) electrons. The van der Waals surface area contributed by atoms with Crippen molar-refractivity contribution in [2.75, 3.05) is 26.4 Å². The average molecular weight is 786 g/mol. The molecule has 0 bridgehead atoms. The van der Waals surface area contributed by atoms with Gasteiger partial charge in [0.15, 0.2) is 0 Å². The number of hydrogen-bond donors (Lipinski definition) is 3. The molecule has 3 atom stereocenters.